The Labute approximate surface area is 96.2 Å². The van der Waals surface area contributed by atoms with Crippen LogP contribution in [0.4, 0.5) is 4.39 Å². The molecule has 1 aromatic carbocycles. The van der Waals surface area contributed by atoms with Crippen LogP contribution in [0.1, 0.15) is 16.1 Å². The van der Waals surface area contributed by atoms with E-state index in [1.165, 1.54) is 18.4 Å². The number of aromatic carboxylic acids is 1. The second-order valence-electron chi connectivity index (χ2n) is 3.29. The third-order valence-corrected chi connectivity index (χ3v) is 2.14. The van der Waals surface area contributed by atoms with Gasteiger partial charge in [-0.25, -0.2) is 9.18 Å². The SMILES string of the molecule is O=C(O)c1c(F)cccc1OCc1ccco1. The number of carboxylic acid groups (broad SMARTS) is 1. The van der Waals surface area contributed by atoms with E-state index in [0.29, 0.717) is 5.76 Å². The molecule has 0 fully saturated rings. The molecule has 88 valence electrons. The highest BCUT2D eigenvalue weighted by molar-refractivity contribution is 5.91. The van der Waals surface area contributed by atoms with Crippen molar-refractivity contribution in [1.29, 1.82) is 0 Å². The van der Waals surface area contributed by atoms with E-state index in [1.54, 1.807) is 12.1 Å². The van der Waals surface area contributed by atoms with Gasteiger partial charge in [-0.15, -0.1) is 0 Å². The Bertz CT molecular complexity index is 519. The molecule has 2 rings (SSSR count). The summed E-state index contributed by atoms with van der Waals surface area (Å²) in [4.78, 5) is 10.9. The molecule has 5 heteroatoms. The number of furan rings is 1. The predicted molar refractivity (Wildman–Crippen MR) is 56.4 cm³/mol. The van der Waals surface area contributed by atoms with E-state index >= 15 is 0 Å². The van der Waals surface area contributed by atoms with Gasteiger partial charge in [-0.1, -0.05) is 6.07 Å². The lowest BCUT2D eigenvalue weighted by Crippen LogP contribution is -2.05. The molecule has 1 aromatic heterocycles. The summed E-state index contributed by atoms with van der Waals surface area (Å²) in [6, 6.07) is 7.22. The molecule has 17 heavy (non-hydrogen) atoms. The molecule has 0 saturated heterocycles. The lowest BCUT2D eigenvalue weighted by atomic mass is 10.2. The Morgan fingerprint density at radius 1 is 1.35 bits per heavy atom. The molecule has 2 aromatic rings. The van der Waals surface area contributed by atoms with Crippen molar-refractivity contribution in [3.8, 4) is 5.75 Å². The standard InChI is InChI=1S/C12H9FO4/c13-9-4-1-5-10(11(9)12(14)15)17-7-8-3-2-6-16-8/h1-6H,7H2,(H,14,15). The van der Waals surface area contributed by atoms with Gasteiger partial charge in [0.1, 0.15) is 29.5 Å². The van der Waals surface area contributed by atoms with Crippen LogP contribution in [0.5, 0.6) is 5.75 Å². The Hall–Kier alpha value is -2.30. The van der Waals surface area contributed by atoms with Crippen LogP contribution in [0.2, 0.25) is 0 Å². The van der Waals surface area contributed by atoms with Crippen LogP contribution in [0.15, 0.2) is 41.0 Å². The van der Waals surface area contributed by atoms with E-state index in [-0.39, 0.29) is 12.4 Å². The summed E-state index contributed by atoms with van der Waals surface area (Å²) in [6.07, 6.45) is 1.47. The van der Waals surface area contributed by atoms with Gasteiger partial charge in [0.05, 0.1) is 6.26 Å². The number of carbonyl (C=O) groups is 1. The topological polar surface area (TPSA) is 59.7 Å². The monoisotopic (exact) mass is 236 g/mol. The van der Waals surface area contributed by atoms with E-state index in [1.807, 2.05) is 0 Å². The van der Waals surface area contributed by atoms with Gasteiger partial charge in [-0.2, -0.15) is 0 Å². The molecule has 0 spiro atoms. The van der Waals surface area contributed by atoms with Crippen LogP contribution < -0.4 is 4.74 Å². The largest absolute Gasteiger partial charge is 0.485 e. The summed E-state index contributed by atoms with van der Waals surface area (Å²) < 4.78 is 23.5. The molecular weight excluding hydrogens is 227 g/mol. The average Bonchev–Trinajstić information content (AvgIpc) is 2.78. The first-order valence-electron chi connectivity index (χ1n) is 4.85. The van der Waals surface area contributed by atoms with Gasteiger partial charge < -0.3 is 14.3 Å². The molecule has 4 nitrogen and oxygen atoms in total. The molecule has 0 atom stereocenters. The van der Waals surface area contributed by atoms with E-state index in [2.05, 4.69) is 0 Å². The second kappa shape index (κ2) is 4.69. The van der Waals surface area contributed by atoms with Gasteiger partial charge in [-0.05, 0) is 24.3 Å². The van der Waals surface area contributed by atoms with E-state index in [0.717, 1.165) is 6.07 Å². The molecule has 1 heterocycles. The first-order valence-corrected chi connectivity index (χ1v) is 4.85. The molecule has 0 amide bonds. The van der Waals surface area contributed by atoms with Gasteiger partial charge in [-0.3, -0.25) is 0 Å². The third-order valence-electron chi connectivity index (χ3n) is 2.14. The quantitative estimate of drug-likeness (QED) is 0.886. The minimum atomic E-state index is -1.36. The number of carboxylic acids is 1. The maximum Gasteiger partial charge on any atom is 0.342 e. The van der Waals surface area contributed by atoms with Crippen molar-refractivity contribution < 1.29 is 23.4 Å². The van der Waals surface area contributed by atoms with Crippen molar-refractivity contribution in [2.24, 2.45) is 0 Å². The van der Waals surface area contributed by atoms with Crippen molar-refractivity contribution in [1.82, 2.24) is 0 Å². The van der Waals surface area contributed by atoms with Crippen molar-refractivity contribution in [3.63, 3.8) is 0 Å². The van der Waals surface area contributed by atoms with Gasteiger partial charge in [0.25, 0.3) is 0 Å². The molecule has 0 saturated carbocycles. The highest BCUT2D eigenvalue weighted by atomic mass is 19.1. The Kier molecular flexibility index (Phi) is 3.09. The van der Waals surface area contributed by atoms with Crippen molar-refractivity contribution >= 4 is 5.97 Å². The zero-order chi connectivity index (χ0) is 12.3. The first-order chi connectivity index (χ1) is 8.18. The fourth-order valence-electron chi connectivity index (χ4n) is 1.38. The van der Waals surface area contributed by atoms with Gasteiger partial charge in [0.2, 0.25) is 0 Å². The zero-order valence-corrected chi connectivity index (χ0v) is 8.72. The van der Waals surface area contributed by atoms with Gasteiger partial charge in [0, 0.05) is 0 Å². The Balaban J connectivity index is 2.21. The summed E-state index contributed by atoms with van der Waals surface area (Å²) in [5.41, 5.74) is -0.473. The summed E-state index contributed by atoms with van der Waals surface area (Å²) in [5.74, 6) is -1.67. The summed E-state index contributed by atoms with van der Waals surface area (Å²) in [7, 11) is 0. The molecule has 0 aliphatic heterocycles. The van der Waals surface area contributed by atoms with Crippen LogP contribution in [0, 0.1) is 5.82 Å². The lowest BCUT2D eigenvalue weighted by Gasteiger charge is -2.08. The van der Waals surface area contributed by atoms with Crippen molar-refractivity contribution in [2.45, 2.75) is 6.61 Å². The van der Waals surface area contributed by atoms with E-state index in [4.69, 9.17) is 14.3 Å². The number of halogens is 1. The second-order valence-corrected chi connectivity index (χ2v) is 3.29. The maximum atomic E-state index is 13.3. The summed E-state index contributed by atoms with van der Waals surface area (Å²) in [5, 5.41) is 8.86. The lowest BCUT2D eigenvalue weighted by molar-refractivity contribution is 0.0686. The van der Waals surface area contributed by atoms with Crippen LogP contribution in [0.25, 0.3) is 0 Å². The van der Waals surface area contributed by atoms with Gasteiger partial charge in [0.15, 0.2) is 0 Å². The molecule has 0 radical (unpaired) electrons. The maximum absolute atomic E-state index is 13.3. The fraction of sp³-hybridized carbons (Fsp3) is 0.0833. The summed E-state index contributed by atoms with van der Waals surface area (Å²) >= 11 is 0. The van der Waals surface area contributed by atoms with E-state index in [9.17, 15) is 9.18 Å². The van der Waals surface area contributed by atoms with E-state index < -0.39 is 17.3 Å². The first kappa shape index (κ1) is 11.2. The van der Waals surface area contributed by atoms with Crippen molar-refractivity contribution in [3.05, 3.63) is 53.7 Å². The predicted octanol–water partition coefficient (Wildman–Crippen LogP) is 2.70. The Morgan fingerprint density at radius 3 is 2.82 bits per heavy atom. The highest BCUT2D eigenvalue weighted by Gasteiger charge is 2.16. The minimum Gasteiger partial charge on any atom is -0.485 e. The molecule has 0 aliphatic rings. The number of hydrogen-bond donors (Lipinski definition) is 1. The molecule has 1 N–H and O–H groups in total. The molecule has 0 bridgehead atoms. The number of rotatable bonds is 4. The molecular formula is C12H9FO4. The molecule has 0 aliphatic carbocycles. The van der Waals surface area contributed by atoms with Gasteiger partial charge >= 0.3 is 5.97 Å². The van der Waals surface area contributed by atoms with Crippen LogP contribution in [-0.2, 0) is 6.61 Å². The molecule has 0 unspecified atom stereocenters. The van der Waals surface area contributed by atoms with Crippen LogP contribution >= 0.6 is 0 Å². The fourth-order valence-corrected chi connectivity index (χ4v) is 1.38. The number of benzene rings is 1. The minimum absolute atomic E-state index is 0.0195. The van der Waals surface area contributed by atoms with Crippen LogP contribution in [0.3, 0.4) is 0 Å². The third kappa shape index (κ3) is 2.44. The van der Waals surface area contributed by atoms with Crippen LogP contribution in [-0.4, -0.2) is 11.1 Å². The number of ether oxygens (including phenoxy) is 1. The number of hydrogen-bond acceptors (Lipinski definition) is 3. The average molecular weight is 236 g/mol. The smallest absolute Gasteiger partial charge is 0.342 e. The highest BCUT2D eigenvalue weighted by Crippen LogP contribution is 2.22. The normalized spacial score (nSPS) is 10.2. The Morgan fingerprint density at radius 2 is 2.18 bits per heavy atom. The van der Waals surface area contributed by atoms with Crippen molar-refractivity contribution in [2.75, 3.05) is 0 Å². The summed E-state index contributed by atoms with van der Waals surface area (Å²) in [6.45, 7) is 0.0523. The zero-order valence-electron chi connectivity index (χ0n) is 8.72.